The van der Waals surface area contributed by atoms with Gasteiger partial charge in [-0.05, 0) is 31.2 Å². The molecule has 0 saturated heterocycles. The minimum absolute atomic E-state index is 0.0182. The van der Waals surface area contributed by atoms with Crippen molar-refractivity contribution in [3.8, 4) is 5.75 Å². The maximum absolute atomic E-state index is 12.6. The van der Waals surface area contributed by atoms with Gasteiger partial charge in [-0.2, -0.15) is 0 Å². The molecule has 9 nitrogen and oxygen atoms in total. The Labute approximate surface area is 177 Å². The van der Waals surface area contributed by atoms with Crippen LogP contribution < -0.4 is 0 Å². The van der Waals surface area contributed by atoms with E-state index in [-0.39, 0.29) is 35.3 Å². The molecule has 0 fully saturated rings. The average Bonchev–Trinajstić information content (AvgIpc) is 3.19. The third kappa shape index (κ3) is 3.80. The topological polar surface area (TPSA) is 118 Å². The molecule has 0 aromatic carbocycles. The monoisotopic (exact) mass is 418 g/mol. The van der Waals surface area contributed by atoms with E-state index in [1.54, 1.807) is 37.6 Å². The van der Waals surface area contributed by atoms with Crippen molar-refractivity contribution >= 4 is 47.5 Å². The fourth-order valence-corrected chi connectivity index (χ4v) is 3.07. The van der Waals surface area contributed by atoms with Gasteiger partial charge in [0.1, 0.15) is 5.70 Å². The Morgan fingerprint density at radius 1 is 1.32 bits per heavy atom. The summed E-state index contributed by atoms with van der Waals surface area (Å²) in [5.41, 5.74) is 1.41. The van der Waals surface area contributed by atoms with E-state index in [0.29, 0.717) is 11.4 Å². The lowest BCUT2D eigenvalue weighted by Gasteiger charge is -2.10. The van der Waals surface area contributed by atoms with E-state index in [1.807, 2.05) is 6.07 Å². The summed E-state index contributed by atoms with van der Waals surface area (Å²) >= 11 is 0. The lowest BCUT2D eigenvalue weighted by molar-refractivity contribution is -0.124. The molecule has 31 heavy (non-hydrogen) atoms. The van der Waals surface area contributed by atoms with Crippen LogP contribution in [0.1, 0.15) is 41.3 Å². The first kappa shape index (κ1) is 20.0. The fraction of sp³-hybridized carbons (Fsp3) is 0.136. The van der Waals surface area contributed by atoms with Crippen molar-refractivity contribution in [3.05, 3.63) is 59.5 Å². The maximum atomic E-state index is 12.6. The number of aliphatic imine (C=N–C) groups is 2. The molecule has 0 unspecified atom stereocenters. The van der Waals surface area contributed by atoms with Crippen LogP contribution in [0.3, 0.4) is 0 Å². The minimum Gasteiger partial charge on any atom is -0.504 e. The fourth-order valence-electron chi connectivity index (χ4n) is 3.07. The Balaban J connectivity index is 1.85. The molecule has 1 amide bonds. The first-order chi connectivity index (χ1) is 15.0. The number of hydrogen-bond donors (Lipinski definition) is 1. The van der Waals surface area contributed by atoms with Crippen LogP contribution >= 0.6 is 0 Å². The average molecular weight is 418 g/mol. The van der Waals surface area contributed by atoms with Gasteiger partial charge in [-0.25, -0.2) is 14.8 Å². The number of aromatic hydroxyl groups is 1. The van der Waals surface area contributed by atoms with Gasteiger partial charge in [0.05, 0.1) is 6.61 Å². The summed E-state index contributed by atoms with van der Waals surface area (Å²) in [5.74, 6) is -0.872. The number of aromatic nitrogens is 1. The summed E-state index contributed by atoms with van der Waals surface area (Å²) in [4.78, 5) is 38.4. The highest BCUT2D eigenvalue weighted by atomic mass is 16.5. The highest BCUT2D eigenvalue weighted by molar-refractivity contribution is 6.21. The van der Waals surface area contributed by atoms with Crippen molar-refractivity contribution in [2.45, 2.75) is 13.8 Å². The van der Waals surface area contributed by atoms with Gasteiger partial charge < -0.3 is 14.3 Å². The first-order valence-electron chi connectivity index (χ1n) is 9.45. The van der Waals surface area contributed by atoms with Gasteiger partial charge in [-0.1, -0.05) is 0 Å². The van der Waals surface area contributed by atoms with Crippen molar-refractivity contribution in [3.63, 3.8) is 0 Å². The highest BCUT2D eigenvalue weighted by Crippen LogP contribution is 2.39. The molecule has 0 aliphatic carbocycles. The van der Waals surface area contributed by atoms with E-state index in [0.717, 1.165) is 5.56 Å². The molecular weight excluding hydrogens is 400 g/mol. The number of carbonyl (C=O) groups excluding carboxylic acids is 2. The van der Waals surface area contributed by atoms with Gasteiger partial charge in [-0.3, -0.25) is 14.7 Å². The molecule has 2 aromatic rings. The molecule has 1 N–H and O–H groups in total. The quantitative estimate of drug-likeness (QED) is 0.759. The van der Waals surface area contributed by atoms with Crippen LogP contribution in [0.4, 0.5) is 5.82 Å². The molecule has 156 valence electrons. The van der Waals surface area contributed by atoms with E-state index in [2.05, 4.69) is 15.0 Å². The molecule has 0 saturated carbocycles. The minimum atomic E-state index is -0.770. The number of esters is 1. The van der Waals surface area contributed by atoms with Crippen molar-refractivity contribution in [1.29, 1.82) is 0 Å². The number of pyridine rings is 1. The zero-order chi connectivity index (χ0) is 22.0. The van der Waals surface area contributed by atoms with Gasteiger partial charge >= 0.3 is 5.97 Å². The number of amides is 1. The van der Waals surface area contributed by atoms with Gasteiger partial charge in [-0.15, -0.1) is 0 Å². The third-order valence-corrected chi connectivity index (χ3v) is 4.50. The standard InChI is InChI=1S/C22H18N4O5/c1-3-30-22(29)18-19(28)17(10-14-11-25-21-15(14)6-4-7-24-21)31-20(18)16-12-26(13(2)27)9-5-8-23-16/h4-12,28H,3H2,1-2H3. The largest absolute Gasteiger partial charge is 0.504 e. The highest BCUT2D eigenvalue weighted by Gasteiger charge is 2.29. The van der Waals surface area contributed by atoms with Crippen LogP contribution in [0, 0.1) is 0 Å². The lowest BCUT2D eigenvalue weighted by atomic mass is 10.1. The molecule has 0 spiro atoms. The van der Waals surface area contributed by atoms with Crippen LogP contribution in [0.2, 0.25) is 0 Å². The molecule has 2 aromatic heterocycles. The molecule has 4 rings (SSSR count). The number of fused-ring (bicyclic) bond motifs is 1. The van der Waals surface area contributed by atoms with Crippen molar-refractivity contribution < 1.29 is 23.8 Å². The van der Waals surface area contributed by atoms with Crippen molar-refractivity contribution in [2.24, 2.45) is 9.98 Å². The maximum Gasteiger partial charge on any atom is 0.346 e. The number of carbonyl (C=O) groups is 2. The van der Waals surface area contributed by atoms with Gasteiger partial charge in [0.2, 0.25) is 5.91 Å². The predicted octanol–water partition coefficient (Wildman–Crippen LogP) is 3.56. The lowest BCUT2D eigenvalue weighted by Crippen LogP contribution is -2.16. The summed E-state index contributed by atoms with van der Waals surface area (Å²) in [6, 6.07) is 3.61. The van der Waals surface area contributed by atoms with Crippen molar-refractivity contribution in [1.82, 2.24) is 9.88 Å². The van der Waals surface area contributed by atoms with Crippen molar-refractivity contribution in [2.75, 3.05) is 6.61 Å². The smallest absolute Gasteiger partial charge is 0.346 e. The molecule has 2 aliphatic heterocycles. The van der Waals surface area contributed by atoms with Crippen LogP contribution in [-0.4, -0.2) is 45.9 Å². The SMILES string of the molecule is CCOC(=O)c1c(C2=CN(C(C)=O)C=CC=N2)oc(C=C2C=Nc3ncccc32)c1O. The number of rotatable bonds is 4. The van der Waals surface area contributed by atoms with E-state index >= 15 is 0 Å². The van der Waals surface area contributed by atoms with Crippen LogP contribution in [-0.2, 0) is 9.53 Å². The Morgan fingerprint density at radius 3 is 2.94 bits per heavy atom. The van der Waals surface area contributed by atoms with E-state index < -0.39 is 11.7 Å². The van der Waals surface area contributed by atoms with Crippen LogP contribution in [0.25, 0.3) is 17.3 Å². The second-order valence-corrected chi connectivity index (χ2v) is 6.53. The van der Waals surface area contributed by atoms with E-state index in [9.17, 15) is 14.7 Å². The molecule has 0 radical (unpaired) electrons. The molecule has 9 heteroatoms. The zero-order valence-electron chi connectivity index (χ0n) is 16.8. The third-order valence-electron chi connectivity index (χ3n) is 4.50. The van der Waals surface area contributed by atoms with Crippen LogP contribution in [0.15, 0.2) is 51.2 Å². The second-order valence-electron chi connectivity index (χ2n) is 6.53. The normalized spacial score (nSPS) is 15.7. The van der Waals surface area contributed by atoms with Gasteiger partial charge in [0, 0.05) is 49.1 Å². The number of ether oxygens (including phenoxy) is 1. The van der Waals surface area contributed by atoms with Crippen LogP contribution in [0.5, 0.6) is 5.75 Å². The molecule has 4 heterocycles. The van der Waals surface area contributed by atoms with Gasteiger partial charge in [0.15, 0.2) is 28.7 Å². The summed E-state index contributed by atoms with van der Waals surface area (Å²) < 4.78 is 11.0. The first-order valence-corrected chi connectivity index (χ1v) is 9.45. The van der Waals surface area contributed by atoms with E-state index in [1.165, 1.54) is 30.4 Å². The molecule has 2 aliphatic rings. The number of hydrogen-bond acceptors (Lipinski definition) is 8. The Kier molecular flexibility index (Phi) is 5.31. The second kappa shape index (κ2) is 8.23. The summed E-state index contributed by atoms with van der Waals surface area (Å²) in [6.07, 6.45) is 10.7. The Morgan fingerprint density at radius 2 is 2.16 bits per heavy atom. The number of nitrogens with zero attached hydrogens (tertiary/aromatic N) is 4. The molecule has 0 bridgehead atoms. The summed E-state index contributed by atoms with van der Waals surface area (Å²) in [7, 11) is 0. The van der Waals surface area contributed by atoms with E-state index in [4.69, 9.17) is 9.15 Å². The molecular formula is C22H18N4O5. The summed E-state index contributed by atoms with van der Waals surface area (Å²) in [5, 5.41) is 10.8. The summed E-state index contributed by atoms with van der Waals surface area (Å²) in [6.45, 7) is 3.14. The molecule has 0 atom stereocenters. The zero-order valence-corrected chi connectivity index (χ0v) is 16.8. The Hall–Kier alpha value is -4.27. The Bertz CT molecular complexity index is 1220. The van der Waals surface area contributed by atoms with Gasteiger partial charge in [0.25, 0.3) is 0 Å². The predicted molar refractivity (Wildman–Crippen MR) is 115 cm³/mol. The number of furan rings is 1. The number of allylic oxidation sites excluding steroid dienone is 2.